The third-order valence-electron chi connectivity index (χ3n) is 3.92. The van der Waals surface area contributed by atoms with Gasteiger partial charge in [0.2, 0.25) is 0 Å². The third-order valence-corrected chi connectivity index (χ3v) is 3.92. The van der Waals surface area contributed by atoms with Crippen LogP contribution in [0.2, 0.25) is 0 Å². The summed E-state index contributed by atoms with van der Waals surface area (Å²) in [5.74, 6) is 0.870. The molecule has 1 aliphatic rings. The van der Waals surface area contributed by atoms with Crippen LogP contribution in [0, 0.1) is 26.7 Å². The van der Waals surface area contributed by atoms with Gasteiger partial charge < -0.3 is 5.32 Å². The summed E-state index contributed by atoms with van der Waals surface area (Å²) in [6.07, 6.45) is 1.34. The van der Waals surface area contributed by atoms with Crippen LogP contribution in [0.5, 0.6) is 0 Å². The Morgan fingerprint density at radius 2 is 1.69 bits per heavy atom. The second-order valence-electron chi connectivity index (χ2n) is 5.50. The zero-order valence-electron chi connectivity index (χ0n) is 11.1. The van der Waals surface area contributed by atoms with Crippen molar-refractivity contribution in [1.82, 2.24) is 5.32 Å². The van der Waals surface area contributed by atoms with Crippen LogP contribution in [0.15, 0.2) is 12.1 Å². The number of nitrogens with one attached hydrogen (secondary N) is 1. The predicted octanol–water partition coefficient (Wildman–Crippen LogP) is 3.67. The van der Waals surface area contributed by atoms with Crippen molar-refractivity contribution < 1.29 is 0 Å². The fourth-order valence-electron chi connectivity index (χ4n) is 2.41. The van der Waals surface area contributed by atoms with E-state index in [1.54, 1.807) is 0 Å². The van der Waals surface area contributed by atoms with Crippen molar-refractivity contribution in [3.8, 4) is 0 Å². The smallest absolute Gasteiger partial charge is 0.0297 e. The first-order chi connectivity index (χ1) is 7.49. The van der Waals surface area contributed by atoms with E-state index in [0.29, 0.717) is 6.04 Å². The van der Waals surface area contributed by atoms with E-state index in [2.05, 4.69) is 52.1 Å². The molecule has 16 heavy (non-hydrogen) atoms. The standard InChI is InChI=1S/C15H23N/c1-9-6-11(3)14(7-10(9)2)13(5)16-15-8-12(15)4/h6-7,12-13,15-16H,8H2,1-5H3. The lowest BCUT2D eigenvalue weighted by atomic mass is 9.96. The van der Waals surface area contributed by atoms with Crippen molar-refractivity contribution in [3.05, 3.63) is 34.4 Å². The average Bonchev–Trinajstić information content (AvgIpc) is 2.87. The first kappa shape index (κ1) is 11.7. The monoisotopic (exact) mass is 217 g/mol. The second kappa shape index (κ2) is 4.21. The molecular weight excluding hydrogens is 194 g/mol. The minimum Gasteiger partial charge on any atom is -0.307 e. The lowest BCUT2D eigenvalue weighted by molar-refractivity contribution is 0.549. The molecule has 3 atom stereocenters. The molecule has 0 amide bonds. The van der Waals surface area contributed by atoms with Gasteiger partial charge in [-0.1, -0.05) is 19.1 Å². The molecule has 3 unspecified atom stereocenters. The Balaban J connectivity index is 2.15. The average molecular weight is 217 g/mol. The van der Waals surface area contributed by atoms with Crippen LogP contribution in [-0.4, -0.2) is 6.04 Å². The van der Waals surface area contributed by atoms with Crippen molar-refractivity contribution in [3.63, 3.8) is 0 Å². The van der Waals surface area contributed by atoms with Crippen LogP contribution in [0.3, 0.4) is 0 Å². The van der Waals surface area contributed by atoms with E-state index in [9.17, 15) is 0 Å². The van der Waals surface area contributed by atoms with E-state index in [4.69, 9.17) is 0 Å². The minimum absolute atomic E-state index is 0.481. The third kappa shape index (κ3) is 2.30. The lowest BCUT2D eigenvalue weighted by Crippen LogP contribution is -2.22. The molecule has 1 heteroatoms. The van der Waals surface area contributed by atoms with Gasteiger partial charge in [-0.3, -0.25) is 0 Å². The molecule has 1 saturated carbocycles. The van der Waals surface area contributed by atoms with Crippen LogP contribution in [0.1, 0.15) is 48.6 Å². The molecule has 0 spiro atoms. The van der Waals surface area contributed by atoms with Crippen LogP contribution in [-0.2, 0) is 0 Å². The Kier molecular flexibility index (Phi) is 3.07. The maximum Gasteiger partial charge on any atom is 0.0297 e. The molecule has 1 nitrogen and oxygen atoms in total. The van der Waals surface area contributed by atoms with Gasteiger partial charge in [0.25, 0.3) is 0 Å². The zero-order valence-corrected chi connectivity index (χ0v) is 11.1. The Hall–Kier alpha value is -0.820. The summed E-state index contributed by atoms with van der Waals surface area (Å²) >= 11 is 0. The highest BCUT2D eigenvalue weighted by Crippen LogP contribution is 2.32. The summed E-state index contributed by atoms with van der Waals surface area (Å²) in [5, 5.41) is 3.71. The molecule has 0 aromatic heterocycles. The van der Waals surface area contributed by atoms with E-state index in [0.717, 1.165) is 12.0 Å². The molecule has 1 N–H and O–H groups in total. The topological polar surface area (TPSA) is 12.0 Å². The Morgan fingerprint density at radius 1 is 1.12 bits per heavy atom. The maximum absolute atomic E-state index is 3.71. The fourth-order valence-corrected chi connectivity index (χ4v) is 2.41. The molecule has 1 aromatic rings. The molecule has 2 rings (SSSR count). The summed E-state index contributed by atoms with van der Waals surface area (Å²) in [6.45, 7) is 11.2. The van der Waals surface area contributed by atoms with E-state index in [1.807, 2.05) is 0 Å². The van der Waals surface area contributed by atoms with Gasteiger partial charge in [0.1, 0.15) is 0 Å². The van der Waals surface area contributed by atoms with Crippen LogP contribution >= 0.6 is 0 Å². The Morgan fingerprint density at radius 3 is 2.25 bits per heavy atom. The number of hydrogen-bond acceptors (Lipinski definition) is 1. The number of hydrogen-bond donors (Lipinski definition) is 1. The van der Waals surface area contributed by atoms with Gasteiger partial charge in [-0.25, -0.2) is 0 Å². The molecule has 1 fully saturated rings. The number of aryl methyl sites for hydroxylation is 3. The van der Waals surface area contributed by atoms with Gasteiger partial charge in [0.05, 0.1) is 0 Å². The summed E-state index contributed by atoms with van der Waals surface area (Å²) in [5.41, 5.74) is 5.67. The highest BCUT2D eigenvalue weighted by molar-refractivity contribution is 5.38. The molecule has 1 aromatic carbocycles. The quantitative estimate of drug-likeness (QED) is 0.814. The molecular formula is C15H23N. The summed E-state index contributed by atoms with van der Waals surface area (Å²) < 4.78 is 0. The second-order valence-corrected chi connectivity index (χ2v) is 5.50. The van der Waals surface area contributed by atoms with Gasteiger partial charge >= 0.3 is 0 Å². The van der Waals surface area contributed by atoms with Crippen molar-refractivity contribution >= 4 is 0 Å². The highest BCUT2D eigenvalue weighted by atomic mass is 15.0. The molecule has 0 aliphatic heterocycles. The Bertz CT molecular complexity index is 395. The van der Waals surface area contributed by atoms with E-state index in [-0.39, 0.29) is 0 Å². The van der Waals surface area contributed by atoms with Crippen molar-refractivity contribution in [2.75, 3.05) is 0 Å². The highest BCUT2D eigenvalue weighted by Gasteiger charge is 2.33. The van der Waals surface area contributed by atoms with Gasteiger partial charge in [-0.05, 0) is 62.3 Å². The molecule has 0 radical (unpaired) electrons. The van der Waals surface area contributed by atoms with E-state index < -0.39 is 0 Å². The van der Waals surface area contributed by atoms with Crippen LogP contribution in [0.4, 0.5) is 0 Å². The first-order valence-corrected chi connectivity index (χ1v) is 6.33. The van der Waals surface area contributed by atoms with Gasteiger partial charge in [-0.2, -0.15) is 0 Å². The fraction of sp³-hybridized carbons (Fsp3) is 0.600. The van der Waals surface area contributed by atoms with E-state index in [1.165, 1.54) is 28.7 Å². The maximum atomic E-state index is 3.71. The normalized spacial score (nSPS) is 25.6. The van der Waals surface area contributed by atoms with E-state index >= 15 is 0 Å². The minimum atomic E-state index is 0.481. The zero-order chi connectivity index (χ0) is 11.9. The molecule has 0 bridgehead atoms. The number of benzene rings is 1. The van der Waals surface area contributed by atoms with Crippen molar-refractivity contribution in [1.29, 1.82) is 0 Å². The van der Waals surface area contributed by atoms with Crippen LogP contribution < -0.4 is 5.32 Å². The first-order valence-electron chi connectivity index (χ1n) is 6.33. The number of rotatable bonds is 3. The SMILES string of the molecule is Cc1cc(C)c(C(C)NC2CC2C)cc1C. The van der Waals surface area contributed by atoms with Crippen LogP contribution in [0.25, 0.3) is 0 Å². The van der Waals surface area contributed by atoms with Gasteiger partial charge in [0, 0.05) is 12.1 Å². The van der Waals surface area contributed by atoms with Gasteiger partial charge in [-0.15, -0.1) is 0 Å². The van der Waals surface area contributed by atoms with Gasteiger partial charge in [0.15, 0.2) is 0 Å². The lowest BCUT2D eigenvalue weighted by Gasteiger charge is -2.18. The van der Waals surface area contributed by atoms with Crippen molar-refractivity contribution in [2.45, 2.75) is 53.1 Å². The summed E-state index contributed by atoms with van der Waals surface area (Å²) in [7, 11) is 0. The Labute approximate surface area is 99.3 Å². The molecule has 0 saturated heterocycles. The summed E-state index contributed by atoms with van der Waals surface area (Å²) in [4.78, 5) is 0. The largest absolute Gasteiger partial charge is 0.307 e. The molecule has 0 heterocycles. The molecule has 1 aliphatic carbocycles. The van der Waals surface area contributed by atoms with Crippen molar-refractivity contribution in [2.24, 2.45) is 5.92 Å². The predicted molar refractivity (Wildman–Crippen MR) is 69.8 cm³/mol. The molecule has 88 valence electrons. The summed E-state index contributed by atoms with van der Waals surface area (Å²) in [6, 6.07) is 5.87.